The number of hydrazone groups is 1. The predicted molar refractivity (Wildman–Crippen MR) is 136 cm³/mol. The summed E-state index contributed by atoms with van der Waals surface area (Å²) in [7, 11) is -3.96. The highest BCUT2D eigenvalue weighted by Crippen LogP contribution is 2.25. The molecular formula is C25H26BrN3O3S. The number of benzene rings is 3. The zero-order chi connectivity index (χ0) is 24.0. The molecule has 1 amide bonds. The fourth-order valence-electron chi connectivity index (χ4n) is 3.07. The zero-order valence-electron chi connectivity index (χ0n) is 18.7. The van der Waals surface area contributed by atoms with E-state index < -0.39 is 22.5 Å². The van der Waals surface area contributed by atoms with Crippen molar-refractivity contribution in [2.75, 3.05) is 10.8 Å². The van der Waals surface area contributed by atoms with Gasteiger partial charge in [0.2, 0.25) is 0 Å². The summed E-state index contributed by atoms with van der Waals surface area (Å²) in [5.41, 5.74) is 5.79. The molecule has 172 valence electrons. The summed E-state index contributed by atoms with van der Waals surface area (Å²) < 4.78 is 28.6. The van der Waals surface area contributed by atoms with Crippen LogP contribution >= 0.6 is 15.9 Å². The number of nitrogens with zero attached hydrogens (tertiary/aromatic N) is 2. The van der Waals surface area contributed by atoms with E-state index in [-0.39, 0.29) is 4.90 Å². The Kier molecular flexibility index (Phi) is 8.05. The Morgan fingerprint density at radius 2 is 1.61 bits per heavy atom. The molecule has 33 heavy (non-hydrogen) atoms. The molecule has 8 heteroatoms. The third-order valence-electron chi connectivity index (χ3n) is 5.02. The highest BCUT2D eigenvalue weighted by Gasteiger charge is 2.27. The van der Waals surface area contributed by atoms with E-state index in [4.69, 9.17) is 0 Å². The molecule has 1 N–H and O–H groups in total. The van der Waals surface area contributed by atoms with Crippen molar-refractivity contribution in [1.29, 1.82) is 0 Å². The second-order valence-corrected chi connectivity index (χ2v) is 10.7. The molecule has 0 heterocycles. The molecule has 0 aliphatic heterocycles. The lowest BCUT2D eigenvalue weighted by Gasteiger charge is -2.23. The number of anilines is 1. The lowest BCUT2D eigenvalue weighted by molar-refractivity contribution is -0.119. The Bertz CT molecular complexity index is 1220. The molecule has 0 aliphatic rings. The number of nitrogens with one attached hydrogen (secondary N) is 1. The van der Waals surface area contributed by atoms with Crippen molar-refractivity contribution in [1.82, 2.24) is 5.43 Å². The van der Waals surface area contributed by atoms with Crippen LogP contribution in [0.15, 0.2) is 87.3 Å². The maximum absolute atomic E-state index is 13.3. The van der Waals surface area contributed by atoms with Gasteiger partial charge < -0.3 is 0 Å². The van der Waals surface area contributed by atoms with Gasteiger partial charge in [-0.2, -0.15) is 5.10 Å². The molecule has 3 aromatic rings. The van der Waals surface area contributed by atoms with E-state index in [1.54, 1.807) is 36.4 Å². The van der Waals surface area contributed by atoms with Crippen molar-refractivity contribution < 1.29 is 13.2 Å². The van der Waals surface area contributed by atoms with Gasteiger partial charge in [0.15, 0.2) is 0 Å². The first kappa shape index (κ1) is 24.7. The summed E-state index contributed by atoms with van der Waals surface area (Å²) >= 11 is 3.35. The number of carbonyl (C=O) groups excluding carboxylic acids is 1. The normalized spacial score (nSPS) is 11.7. The summed E-state index contributed by atoms with van der Waals surface area (Å²) in [6.45, 7) is 5.70. The minimum Gasteiger partial charge on any atom is -0.271 e. The van der Waals surface area contributed by atoms with Crippen LogP contribution in [0, 0.1) is 6.92 Å². The van der Waals surface area contributed by atoms with Gasteiger partial charge in [-0.15, -0.1) is 0 Å². The van der Waals surface area contributed by atoms with Crippen LogP contribution in [0.2, 0.25) is 0 Å². The molecule has 0 aliphatic carbocycles. The van der Waals surface area contributed by atoms with E-state index in [1.165, 1.54) is 23.9 Å². The number of rotatable bonds is 8. The molecule has 0 atom stereocenters. The van der Waals surface area contributed by atoms with E-state index >= 15 is 0 Å². The van der Waals surface area contributed by atoms with Gasteiger partial charge >= 0.3 is 0 Å². The van der Waals surface area contributed by atoms with Gasteiger partial charge in [-0.05, 0) is 60.4 Å². The van der Waals surface area contributed by atoms with E-state index in [1.807, 2.05) is 31.2 Å². The minimum atomic E-state index is -3.96. The molecule has 3 aromatic carbocycles. The largest absolute Gasteiger partial charge is 0.271 e. The van der Waals surface area contributed by atoms with Crippen LogP contribution in [-0.4, -0.2) is 27.1 Å². The standard InChI is InChI=1S/C25H26BrN3O3S/c1-18(2)21-8-6-20(7-9-21)16-27-28-25(30)17-29(23-12-10-22(26)11-13-23)33(31,32)24-14-4-19(3)5-15-24/h4-16,18H,17H2,1-3H3,(H,28,30)/b27-16-. The Hall–Kier alpha value is -2.97. The fraction of sp³-hybridized carbons (Fsp3) is 0.200. The number of sulfonamides is 1. The van der Waals surface area contributed by atoms with Crippen LogP contribution in [0.1, 0.15) is 36.5 Å². The van der Waals surface area contributed by atoms with Gasteiger partial charge in [0, 0.05) is 4.47 Å². The summed E-state index contributed by atoms with van der Waals surface area (Å²) in [6.07, 6.45) is 1.53. The molecule has 0 radical (unpaired) electrons. The highest BCUT2D eigenvalue weighted by atomic mass is 79.9. The number of aryl methyl sites for hydroxylation is 1. The van der Waals surface area contributed by atoms with Crippen LogP contribution in [0.4, 0.5) is 5.69 Å². The molecule has 0 fully saturated rings. The first-order chi connectivity index (χ1) is 15.7. The zero-order valence-corrected chi connectivity index (χ0v) is 21.1. The van der Waals surface area contributed by atoms with Gasteiger partial charge in [-0.25, -0.2) is 13.8 Å². The van der Waals surface area contributed by atoms with E-state index in [0.717, 1.165) is 19.9 Å². The number of carbonyl (C=O) groups is 1. The second kappa shape index (κ2) is 10.8. The van der Waals surface area contributed by atoms with Crippen molar-refractivity contribution in [3.63, 3.8) is 0 Å². The Morgan fingerprint density at radius 1 is 1.00 bits per heavy atom. The van der Waals surface area contributed by atoms with Crippen molar-refractivity contribution >= 4 is 43.8 Å². The Morgan fingerprint density at radius 3 is 2.18 bits per heavy atom. The highest BCUT2D eigenvalue weighted by molar-refractivity contribution is 9.10. The average Bonchev–Trinajstić information content (AvgIpc) is 2.79. The number of hydrogen-bond acceptors (Lipinski definition) is 4. The average molecular weight is 528 g/mol. The molecule has 3 rings (SSSR count). The molecule has 0 unspecified atom stereocenters. The van der Waals surface area contributed by atoms with Crippen molar-refractivity contribution in [2.45, 2.75) is 31.6 Å². The summed E-state index contributed by atoms with van der Waals surface area (Å²) in [6, 6.07) is 21.1. The molecule has 6 nitrogen and oxygen atoms in total. The van der Waals surface area contributed by atoms with Gasteiger partial charge in [0.1, 0.15) is 6.54 Å². The third kappa shape index (κ3) is 6.52. The topological polar surface area (TPSA) is 78.8 Å². The van der Waals surface area contributed by atoms with Crippen LogP contribution in [-0.2, 0) is 14.8 Å². The first-order valence-corrected chi connectivity index (χ1v) is 12.7. The van der Waals surface area contributed by atoms with Gasteiger partial charge in [0.25, 0.3) is 15.9 Å². The Balaban J connectivity index is 1.79. The predicted octanol–water partition coefficient (Wildman–Crippen LogP) is 5.23. The SMILES string of the molecule is Cc1ccc(S(=O)(=O)N(CC(=O)N/N=C\c2ccc(C(C)C)cc2)c2ccc(Br)cc2)cc1. The second-order valence-electron chi connectivity index (χ2n) is 7.92. The minimum absolute atomic E-state index is 0.109. The van der Waals surface area contributed by atoms with Crippen molar-refractivity contribution in [2.24, 2.45) is 5.10 Å². The summed E-state index contributed by atoms with van der Waals surface area (Å²) in [5.74, 6) is -0.126. The van der Waals surface area contributed by atoms with Crippen molar-refractivity contribution in [3.8, 4) is 0 Å². The molecule has 0 bridgehead atoms. The third-order valence-corrected chi connectivity index (χ3v) is 7.33. The molecule has 0 aromatic heterocycles. The smallest absolute Gasteiger partial charge is 0.264 e. The summed E-state index contributed by atoms with van der Waals surface area (Å²) in [5, 5.41) is 3.99. The first-order valence-electron chi connectivity index (χ1n) is 10.4. The molecule has 0 saturated carbocycles. The number of amides is 1. The fourth-order valence-corrected chi connectivity index (χ4v) is 4.76. The Labute approximate surface area is 203 Å². The van der Waals surface area contributed by atoms with E-state index in [2.05, 4.69) is 40.3 Å². The van der Waals surface area contributed by atoms with E-state index in [0.29, 0.717) is 11.6 Å². The van der Waals surface area contributed by atoms with Crippen molar-refractivity contribution in [3.05, 3.63) is 94.0 Å². The number of halogens is 1. The lowest BCUT2D eigenvalue weighted by Crippen LogP contribution is -2.39. The van der Waals surface area contributed by atoms with Gasteiger partial charge in [0.05, 0.1) is 16.8 Å². The van der Waals surface area contributed by atoms with Crippen LogP contribution in [0.3, 0.4) is 0 Å². The monoisotopic (exact) mass is 527 g/mol. The molecular weight excluding hydrogens is 502 g/mol. The number of hydrogen-bond donors (Lipinski definition) is 1. The van der Waals surface area contributed by atoms with Gasteiger partial charge in [-0.3, -0.25) is 9.10 Å². The molecule has 0 spiro atoms. The molecule has 0 saturated heterocycles. The van der Waals surface area contributed by atoms with Crippen LogP contribution < -0.4 is 9.73 Å². The van der Waals surface area contributed by atoms with Gasteiger partial charge in [-0.1, -0.05) is 71.7 Å². The maximum atomic E-state index is 13.3. The maximum Gasteiger partial charge on any atom is 0.264 e. The van der Waals surface area contributed by atoms with Crippen LogP contribution in [0.25, 0.3) is 0 Å². The van der Waals surface area contributed by atoms with E-state index in [9.17, 15) is 13.2 Å². The quantitative estimate of drug-likeness (QED) is 0.322. The van der Waals surface area contributed by atoms with Crippen LogP contribution in [0.5, 0.6) is 0 Å². The lowest BCUT2D eigenvalue weighted by atomic mass is 10.0. The summed E-state index contributed by atoms with van der Waals surface area (Å²) in [4.78, 5) is 12.7.